The summed E-state index contributed by atoms with van der Waals surface area (Å²) in [5.41, 5.74) is 8.00. The van der Waals surface area contributed by atoms with Crippen molar-refractivity contribution >= 4 is 11.4 Å². The molecule has 2 aromatic carbocycles. The number of nitrogens with zero attached hydrogens (tertiary/aromatic N) is 1. The van der Waals surface area contributed by atoms with Gasteiger partial charge in [-0.3, -0.25) is 0 Å². The van der Waals surface area contributed by atoms with Crippen LogP contribution in [0.1, 0.15) is 12.0 Å². The molecule has 2 N–H and O–H groups in total. The molecule has 5 heteroatoms. The maximum atomic E-state index is 13.4. The van der Waals surface area contributed by atoms with Gasteiger partial charge in [0.1, 0.15) is 12.4 Å². The molecule has 1 fully saturated rings. The first-order chi connectivity index (χ1) is 10.5. The summed E-state index contributed by atoms with van der Waals surface area (Å²) in [5.74, 6) is -2.07. The predicted molar refractivity (Wildman–Crippen MR) is 83.4 cm³/mol. The molecule has 1 aliphatic heterocycles. The maximum absolute atomic E-state index is 13.4. The van der Waals surface area contributed by atoms with Crippen molar-refractivity contribution in [1.82, 2.24) is 0 Å². The minimum Gasteiger partial charge on any atom is -0.487 e. The van der Waals surface area contributed by atoms with Crippen molar-refractivity contribution in [3.63, 3.8) is 0 Å². The number of nitrogens with two attached hydrogens (primary N) is 1. The summed E-state index contributed by atoms with van der Waals surface area (Å²) in [6, 6.07) is 14.9. The van der Waals surface area contributed by atoms with Crippen LogP contribution in [0, 0.1) is 0 Å². The fourth-order valence-corrected chi connectivity index (χ4v) is 2.58. The SMILES string of the molecule is Nc1ccc(OCc2ccccc2)c(N2CCC(F)(F)C2)c1. The first-order valence-corrected chi connectivity index (χ1v) is 7.22. The summed E-state index contributed by atoms with van der Waals surface area (Å²) in [4.78, 5) is 1.64. The zero-order valence-electron chi connectivity index (χ0n) is 12.1. The van der Waals surface area contributed by atoms with E-state index in [0.29, 0.717) is 30.3 Å². The van der Waals surface area contributed by atoms with Crippen LogP contribution in [0.4, 0.5) is 20.2 Å². The van der Waals surface area contributed by atoms with Crippen molar-refractivity contribution in [3.05, 3.63) is 54.1 Å². The fourth-order valence-electron chi connectivity index (χ4n) is 2.58. The van der Waals surface area contributed by atoms with Crippen molar-refractivity contribution < 1.29 is 13.5 Å². The van der Waals surface area contributed by atoms with Crippen LogP contribution in [-0.4, -0.2) is 19.0 Å². The molecule has 0 unspecified atom stereocenters. The largest absolute Gasteiger partial charge is 0.487 e. The molecule has 1 saturated heterocycles. The second-order valence-corrected chi connectivity index (χ2v) is 5.53. The molecule has 1 heterocycles. The molecule has 22 heavy (non-hydrogen) atoms. The summed E-state index contributed by atoms with van der Waals surface area (Å²) >= 11 is 0. The Morgan fingerprint density at radius 1 is 1.14 bits per heavy atom. The Morgan fingerprint density at radius 3 is 2.59 bits per heavy atom. The second kappa shape index (κ2) is 5.83. The Bertz CT molecular complexity index is 646. The first kappa shape index (κ1) is 14.6. The van der Waals surface area contributed by atoms with Gasteiger partial charge in [0.05, 0.1) is 12.2 Å². The van der Waals surface area contributed by atoms with Crippen molar-refractivity contribution in [2.45, 2.75) is 19.0 Å². The lowest BCUT2D eigenvalue weighted by Crippen LogP contribution is -2.25. The van der Waals surface area contributed by atoms with E-state index < -0.39 is 5.92 Å². The first-order valence-electron chi connectivity index (χ1n) is 7.22. The Kier molecular flexibility index (Phi) is 3.88. The van der Waals surface area contributed by atoms with Gasteiger partial charge in [0, 0.05) is 18.7 Å². The highest BCUT2D eigenvalue weighted by atomic mass is 19.3. The predicted octanol–water partition coefficient (Wildman–Crippen LogP) is 3.69. The van der Waals surface area contributed by atoms with Crippen LogP contribution in [0.3, 0.4) is 0 Å². The summed E-state index contributed by atoms with van der Waals surface area (Å²) in [6.45, 7) is 0.401. The normalized spacial score (nSPS) is 16.7. The Hall–Kier alpha value is -2.30. The second-order valence-electron chi connectivity index (χ2n) is 5.53. The summed E-state index contributed by atoms with van der Waals surface area (Å²) in [5, 5.41) is 0. The number of hydrogen-bond acceptors (Lipinski definition) is 3. The van der Waals surface area contributed by atoms with E-state index in [-0.39, 0.29) is 13.0 Å². The average molecular weight is 304 g/mol. The molecule has 0 radical (unpaired) electrons. The minimum atomic E-state index is -2.65. The van der Waals surface area contributed by atoms with E-state index in [1.807, 2.05) is 30.3 Å². The topological polar surface area (TPSA) is 38.5 Å². The van der Waals surface area contributed by atoms with Crippen LogP contribution in [0.5, 0.6) is 5.75 Å². The van der Waals surface area contributed by atoms with Crippen LogP contribution in [0.2, 0.25) is 0 Å². The molecular formula is C17H18F2N2O. The Labute approximate surface area is 128 Å². The third kappa shape index (κ3) is 3.30. The summed E-state index contributed by atoms with van der Waals surface area (Å²) in [7, 11) is 0. The number of anilines is 2. The van der Waals surface area contributed by atoms with E-state index in [9.17, 15) is 8.78 Å². The van der Waals surface area contributed by atoms with Gasteiger partial charge in [-0.1, -0.05) is 30.3 Å². The lowest BCUT2D eigenvalue weighted by atomic mass is 10.2. The molecule has 0 aromatic heterocycles. The van der Waals surface area contributed by atoms with Gasteiger partial charge in [-0.05, 0) is 23.8 Å². The van der Waals surface area contributed by atoms with Gasteiger partial charge in [0.25, 0.3) is 5.92 Å². The molecule has 0 saturated carbocycles. The number of halogens is 2. The van der Waals surface area contributed by atoms with E-state index in [1.54, 1.807) is 23.1 Å². The van der Waals surface area contributed by atoms with E-state index in [2.05, 4.69) is 0 Å². The van der Waals surface area contributed by atoms with E-state index in [4.69, 9.17) is 10.5 Å². The molecular weight excluding hydrogens is 286 g/mol. The molecule has 0 aliphatic carbocycles. The third-order valence-electron chi connectivity index (χ3n) is 3.73. The van der Waals surface area contributed by atoms with Crippen LogP contribution in [0.25, 0.3) is 0 Å². The monoisotopic (exact) mass is 304 g/mol. The number of benzene rings is 2. The number of hydrogen-bond donors (Lipinski definition) is 1. The maximum Gasteiger partial charge on any atom is 0.266 e. The smallest absolute Gasteiger partial charge is 0.266 e. The number of rotatable bonds is 4. The fraction of sp³-hybridized carbons (Fsp3) is 0.294. The highest BCUT2D eigenvalue weighted by Gasteiger charge is 2.39. The van der Waals surface area contributed by atoms with Crippen molar-refractivity contribution in [2.75, 3.05) is 23.7 Å². The molecule has 3 rings (SSSR count). The Balaban J connectivity index is 1.79. The summed E-state index contributed by atoms with van der Waals surface area (Å²) in [6.07, 6.45) is -0.139. The van der Waals surface area contributed by atoms with E-state index >= 15 is 0 Å². The zero-order chi connectivity index (χ0) is 15.6. The van der Waals surface area contributed by atoms with Crippen molar-refractivity contribution in [2.24, 2.45) is 0 Å². The Morgan fingerprint density at radius 2 is 1.91 bits per heavy atom. The van der Waals surface area contributed by atoms with Gasteiger partial charge in [-0.2, -0.15) is 0 Å². The van der Waals surface area contributed by atoms with Gasteiger partial charge in [-0.15, -0.1) is 0 Å². The van der Waals surface area contributed by atoms with Crippen LogP contribution >= 0.6 is 0 Å². The number of nitrogen functional groups attached to an aromatic ring is 1. The summed E-state index contributed by atoms with van der Waals surface area (Å²) < 4.78 is 32.7. The molecule has 3 nitrogen and oxygen atoms in total. The van der Waals surface area contributed by atoms with Crippen LogP contribution < -0.4 is 15.4 Å². The van der Waals surface area contributed by atoms with Crippen molar-refractivity contribution in [3.8, 4) is 5.75 Å². The zero-order valence-corrected chi connectivity index (χ0v) is 12.1. The molecule has 0 amide bonds. The van der Waals surface area contributed by atoms with E-state index in [1.165, 1.54) is 0 Å². The molecule has 0 bridgehead atoms. The standard InChI is InChI=1S/C17H18F2N2O/c18-17(19)8-9-21(12-17)15-10-14(20)6-7-16(15)22-11-13-4-2-1-3-5-13/h1-7,10H,8-9,11-12,20H2. The highest BCUT2D eigenvalue weighted by molar-refractivity contribution is 5.65. The highest BCUT2D eigenvalue weighted by Crippen LogP contribution is 2.37. The van der Waals surface area contributed by atoms with Crippen LogP contribution in [-0.2, 0) is 6.61 Å². The van der Waals surface area contributed by atoms with Gasteiger partial charge < -0.3 is 15.4 Å². The lowest BCUT2D eigenvalue weighted by molar-refractivity contribution is 0.0257. The van der Waals surface area contributed by atoms with Crippen molar-refractivity contribution in [1.29, 1.82) is 0 Å². The van der Waals surface area contributed by atoms with Gasteiger partial charge in [-0.25, -0.2) is 8.78 Å². The molecule has 0 atom stereocenters. The molecule has 0 spiro atoms. The third-order valence-corrected chi connectivity index (χ3v) is 3.73. The molecule has 116 valence electrons. The number of alkyl halides is 2. The quantitative estimate of drug-likeness (QED) is 0.875. The van der Waals surface area contributed by atoms with Gasteiger partial charge >= 0.3 is 0 Å². The molecule has 1 aliphatic rings. The number of ether oxygens (including phenoxy) is 1. The lowest BCUT2D eigenvalue weighted by Gasteiger charge is -2.22. The van der Waals surface area contributed by atoms with Crippen LogP contribution in [0.15, 0.2) is 48.5 Å². The van der Waals surface area contributed by atoms with Gasteiger partial charge in [0.2, 0.25) is 0 Å². The molecule has 2 aromatic rings. The van der Waals surface area contributed by atoms with Gasteiger partial charge in [0.15, 0.2) is 0 Å². The van der Waals surface area contributed by atoms with E-state index in [0.717, 1.165) is 5.56 Å². The minimum absolute atomic E-state index is 0.139. The average Bonchev–Trinajstić information content (AvgIpc) is 2.87.